The number of anilines is 1. The van der Waals surface area contributed by atoms with Gasteiger partial charge in [-0.25, -0.2) is 14.6 Å². The highest BCUT2D eigenvalue weighted by molar-refractivity contribution is 6.31. The number of carbonyl (C=O) groups is 2. The molecule has 3 aromatic carbocycles. The van der Waals surface area contributed by atoms with Crippen LogP contribution >= 0.6 is 11.6 Å². The summed E-state index contributed by atoms with van der Waals surface area (Å²) in [7, 11) is 8.58. The number of ether oxygens (including phenoxy) is 4. The van der Waals surface area contributed by atoms with Crippen molar-refractivity contribution in [1.82, 2.24) is 39.8 Å². The Morgan fingerprint density at radius 3 is 2.27 bits per heavy atom. The molecule has 1 spiro atoms. The zero-order valence-corrected chi connectivity index (χ0v) is 39.8. The second-order valence-corrected chi connectivity index (χ2v) is 18.3. The van der Waals surface area contributed by atoms with Crippen LogP contribution in [0.4, 0.5) is 5.82 Å². The Morgan fingerprint density at radius 2 is 1.56 bits per heavy atom. The average molecular weight is 921 g/mol. The van der Waals surface area contributed by atoms with E-state index in [2.05, 4.69) is 61.3 Å². The fourth-order valence-corrected chi connectivity index (χ4v) is 11.8. The van der Waals surface area contributed by atoms with Crippen molar-refractivity contribution < 1.29 is 28.5 Å². The molecule has 1 saturated carbocycles. The molecular formula is C50H62ClN9O6. The second kappa shape index (κ2) is 19.3. The van der Waals surface area contributed by atoms with Crippen molar-refractivity contribution in [1.29, 1.82) is 0 Å². The smallest absolute Gasteiger partial charge is 0.225 e. The largest absolute Gasteiger partial charge is 0.493 e. The summed E-state index contributed by atoms with van der Waals surface area (Å²) in [6, 6.07) is 16.1. The number of fused-ring (bicyclic) bond motifs is 4. The first-order valence-corrected chi connectivity index (χ1v) is 23.7. The van der Waals surface area contributed by atoms with Gasteiger partial charge in [0, 0.05) is 75.1 Å². The molecule has 1 aliphatic carbocycles. The van der Waals surface area contributed by atoms with Crippen LogP contribution in [0, 0.1) is 11.8 Å². The van der Waals surface area contributed by atoms with Gasteiger partial charge in [0.15, 0.2) is 28.6 Å². The van der Waals surface area contributed by atoms with E-state index in [9.17, 15) is 4.79 Å². The Hall–Kier alpha value is -5.64. The molecule has 1 N–H and O–H groups in total. The fraction of sp³-hybridized carbons (Fsp3) is 0.500. The standard InChI is InChI=1S/C50H62ClN9O6/c1-7-56-18-14-32-25-41(63-3)43(65-5)27-36(32)46(56)39-24-34(12-16-50(39)38-28-44(66-6)42(64-4)26-33(38)15-19-59(50)45(61)13-17-52-2)49(62)58-22-20-57(21-23-58)47-37-29-55-60(48(37)54-31-53-47)30-35-10-8-9-11-40(35)51/h8-11,25-29,31,34,39,46,52H,7,12-24,30H2,1-6H3. The topological polar surface area (TPSA) is 140 Å². The number of amides is 2. The first-order chi connectivity index (χ1) is 32.2. The minimum absolute atomic E-state index is 0.107. The molecular weight excluding hydrogens is 858 g/mol. The van der Waals surface area contributed by atoms with Crippen LogP contribution in [0.1, 0.15) is 66.5 Å². The predicted molar refractivity (Wildman–Crippen MR) is 254 cm³/mol. The average Bonchev–Trinajstić information content (AvgIpc) is 3.77. The highest BCUT2D eigenvalue weighted by Gasteiger charge is 2.58. The van der Waals surface area contributed by atoms with Gasteiger partial charge < -0.3 is 39.0 Å². The Balaban J connectivity index is 1.07. The van der Waals surface area contributed by atoms with E-state index in [4.69, 9.17) is 35.5 Å². The summed E-state index contributed by atoms with van der Waals surface area (Å²) < 4.78 is 25.5. The second-order valence-electron chi connectivity index (χ2n) is 17.9. The van der Waals surface area contributed by atoms with E-state index in [-0.39, 0.29) is 29.7 Å². The molecule has 15 nitrogen and oxygen atoms in total. The zero-order valence-electron chi connectivity index (χ0n) is 39.0. The highest BCUT2D eigenvalue weighted by Crippen LogP contribution is 2.59. The first-order valence-electron chi connectivity index (χ1n) is 23.3. The Bertz CT molecular complexity index is 2580. The van der Waals surface area contributed by atoms with Crippen LogP contribution in [0.2, 0.25) is 5.02 Å². The number of aromatic nitrogens is 4. The number of nitrogens with one attached hydrogen (secondary N) is 1. The number of methoxy groups -OCH3 is 4. The molecule has 0 bridgehead atoms. The lowest BCUT2D eigenvalue weighted by molar-refractivity contribution is -0.153. The summed E-state index contributed by atoms with van der Waals surface area (Å²) in [5.41, 5.74) is 5.55. The van der Waals surface area contributed by atoms with Gasteiger partial charge in [-0.05, 0) is 104 Å². The van der Waals surface area contributed by atoms with Gasteiger partial charge in [0.2, 0.25) is 11.8 Å². The van der Waals surface area contributed by atoms with E-state index in [1.807, 2.05) is 47.1 Å². The van der Waals surface area contributed by atoms with Crippen LogP contribution in [0.5, 0.6) is 23.0 Å². The molecule has 2 amide bonds. The predicted octanol–water partition coefficient (Wildman–Crippen LogP) is 6.14. The molecule has 4 atom stereocenters. The van der Waals surface area contributed by atoms with E-state index in [0.29, 0.717) is 106 Å². The van der Waals surface area contributed by atoms with Crippen molar-refractivity contribution in [2.45, 2.75) is 63.6 Å². The lowest BCUT2D eigenvalue weighted by atomic mass is 9.58. The first kappa shape index (κ1) is 45.5. The van der Waals surface area contributed by atoms with Gasteiger partial charge in [-0.3, -0.25) is 14.5 Å². The Labute approximate surface area is 392 Å². The molecule has 350 valence electrons. The van der Waals surface area contributed by atoms with Crippen molar-refractivity contribution in [2.75, 3.05) is 92.7 Å². The third-order valence-electron chi connectivity index (χ3n) is 14.8. The van der Waals surface area contributed by atoms with Gasteiger partial charge in [0.05, 0.1) is 52.1 Å². The molecule has 16 heteroatoms. The number of likely N-dealkylation sites (N-methyl/N-ethyl adjacent to an activating group) is 1. The summed E-state index contributed by atoms with van der Waals surface area (Å²) in [6.45, 7) is 7.83. The monoisotopic (exact) mass is 919 g/mol. The van der Waals surface area contributed by atoms with E-state index in [1.165, 1.54) is 5.56 Å². The van der Waals surface area contributed by atoms with Gasteiger partial charge in [0.1, 0.15) is 12.1 Å². The van der Waals surface area contributed by atoms with Crippen molar-refractivity contribution in [2.24, 2.45) is 11.8 Å². The molecule has 1 saturated heterocycles. The van der Waals surface area contributed by atoms with Crippen molar-refractivity contribution in [3.05, 3.63) is 93.9 Å². The number of carbonyl (C=O) groups excluding carboxylic acids is 2. The molecule has 0 radical (unpaired) electrons. The maximum Gasteiger partial charge on any atom is 0.225 e. The van der Waals surface area contributed by atoms with Crippen LogP contribution in [0.25, 0.3) is 11.0 Å². The van der Waals surface area contributed by atoms with Crippen LogP contribution < -0.4 is 29.2 Å². The van der Waals surface area contributed by atoms with Crippen LogP contribution in [-0.2, 0) is 34.5 Å². The van der Waals surface area contributed by atoms with Crippen molar-refractivity contribution >= 4 is 40.3 Å². The van der Waals surface area contributed by atoms with Gasteiger partial charge in [-0.15, -0.1) is 0 Å². The number of rotatable bonds is 13. The van der Waals surface area contributed by atoms with Gasteiger partial charge in [-0.2, -0.15) is 5.10 Å². The van der Waals surface area contributed by atoms with E-state index < -0.39 is 5.54 Å². The lowest BCUT2D eigenvalue weighted by Gasteiger charge is -2.59. The Morgan fingerprint density at radius 1 is 0.864 bits per heavy atom. The number of halogens is 1. The van der Waals surface area contributed by atoms with Gasteiger partial charge in [0.25, 0.3) is 0 Å². The van der Waals surface area contributed by atoms with Gasteiger partial charge in [-0.1, -0.05) is 36.7 Å². The molecule has 5 heterocycles. The lowest BCUT2D eigenvalue weighted by Crippen LogP contribution is -2.63. The summed E-state index contributed by atoms with van der Waals surface area (Å²) >= 11 is 6.51. The zero-order chi connectivity index (χ0) is 46.1. The minimum Gasteiger partial charge on any atom is -0.493 e. The number of hydrogen-bond acceptors (Lipinski definition) is 12. The normalized spacial score (nSPS) is 22.0. The Kier molecular flexibility index (Phi) is 13.3. The number of nitrogens with zero attached hydrogens (tertiary/aromatic N) is 8. The maximum absolute atomic E-state index is 15.2. The molecule has 4 unspecified atom stereocenters. The van der Waals surface area contributed by atoms with Crippen LogP contribution in [-0.4, -0.2) is 134 Å². The summed E-state index contributed by atoms with van der Waals surface area (Å²) in [6.07, 6.45) is 7.16. The third kappa shape index (κ3) is 8.06. The summed E-state index contributed by atoms with van der Waals surface area (Å²) in [5, 5.41) is 9.45. The molecule has 2 fully saturated rings. The SMILES string of the molecule is CCN1CCc2cc(OC)c(OC)cc2C1C1CC(C(=O)N2CCN(c3ncnc4c3cnn4Cc3ccccc3Cl)CC2)CCC12c1cc(OC)c(OC)cc1CCN2C(=O)CCNC. The molecule has 2 aromatic heterocycles. The molecule has 9 rings (SSSR count). The third-order valence-corrected chi connectivity index (χ3v) is 15.2. The number of benzene rings is 3. The maximum atomic E-state index is 15.2. The van der Waals surface area contributed by atoms with Crippen LogP contribution in [0.15, 0.2) is 61.1 Å². The molecule has 66 heavy (non-hydrogen) atoms. The summed E-state index contributed by atoms with van der Waals surface area (Å²) in [5.74, 6) is 3.31. The van der Waals surface area contributed by atoms with Crippen molar-refractivity contribution in [3.63, 3.8) is 0 Å². The quantitative estimate of drug-likeness (QED) is 0.145. The van der Waals surface area contributed by atoms with Crippen molar-refractivity contribution in [3.8, 4) is 23.0 Å². The highest BCUT2D eigenvalue weighted by atomic mass is 35.5. The molecule has 4 aliphatic rings. The minimum atomic E-state index is -0.748. The van der Waals surface area contributed by atoms with Crippen LogP contribution in [0.3, 0.4) is 0 Å². The molecule has 3 aliphatic heterocycles. The number of hydrogen-bond donors (Lipinski definition) is 1. The summed E-state index contributed by atoms with van der Waals surface area (Å²) in [4.78, 5) is 48.3. The van der Waals surface area contributed by atoms with E-state index >= 15 is 4.79 Å². The van der Waals surface area contributed by atoms with E-state index in [1.54, 1.807) is 34.8 Å². The van der Waals surface area contributed by atoms with Gasteiger partial charge >= 0.3 is 0 Å². The van der Waals surface area contributed by atoms with E-state index in [0.717, 1.165) is 58.6 Å². The fourth-order valence-electron chi connectivity index (χ4n) is 11.6. The molecule has 5 aromatic rings. The number of piperazine rings is 1.